The second-order valence-electron chi connectivity index (χ2n) is 7.62. The van der Waals surface area contributed by atoms with E-state index in [-0.39, 0.29) is 0 Å². The lowest BCUT2D eigenvalue weighted by atomic mass is 10.0. The molecular formula is C20H40N2. The molecule has 22 heavy (non-hydrogen) atoms. The van der Waals surface area contributed by atoms with Gasteiger partial charge in [-0.3, -0.25) is 0 Å². The summed E-state index contributed by atoms with van der Waals surface area (Å²) in [4.78, 5) is 4.90. The zero-order valence-corrected chi connectivity index (χ0v) is 15.6. The summed E-state index contributed by atoms with van der Waals surface area (Å²) >= 11 is 0. The number of piperazine rings is 1. The number of hydrogen-bond acceptors (Lipinski definition) is 2. The Kier molecular flexibility index (Phi) is 10.7. The third-order valence-electron chi connectivity index (χ3n) is 4.95. The van der Waals surface area contributed by atoms with Crippen molar-refractivity contribution in [2.75, 3.05) is 33.2 Å². The van der Waals surface area contributed by atoms with Gasteiger partial charge in [0.1, 0.15) is 0 Å². The van der Waals surface area contributed by atoms with Crippen LogP contribution in [0.1, 0.15) is 78.1 Å². The van der Waals surface area contributed by atoms with Crippen molar-refractivity contribution < 1.29 is 0 Å². The van der Waals surface area contributed by atoms with Gasteiger partial charge in [0.15, 0.2) is 0 Å². The van der Waals surface area contributed by atoms with Gasteiger partial charge in [-0.1, -0.05) is 71.8 Å². The summed E-state index contributed by atoms with van der Waals surface area (Å²) < 4.78 is 0. The second kappa shape index (κ2) is 12.0. The van der Waals surface area contributed by atoms with Gasteiger partial charge in [-0.2, -0.15) is 0 Å². The number of nitrogens with zero attached hydrogens (tertiary/aromatic N) is 2. The average Bonchev–Trinajstić information content (AvgIpc) is 2.49. The Morgan fingerprint density at radius 3 is 1.86 bits per heavy atom. The van der Waals surface area contributed by atoms with Crippen molar-refractivity contribution in [1.29, 1.82) is 0 Å². The van der Waals surface area contributed by atoms with Crippen LogP contribution in [0.5, 0.6) is 0 Å². The molecule has 0 aliphatic carbocycles. The maximum absolute atomic E-state index is 4.29. The van der Waals surface area contributed by atoms with E-state index in [1.165, 1.54) is 96.1 Å². The number of likely N-dealkylation sites (N-methyl/N-ethyl adjacent to an activating group) is 1. The fourth-order valence-corrected chi connectivity index (χ4v) is 3.22. The first-order chi connectivity index (χ1) is 10.6. The minimum absolute atomic E-state index is 0.883. The lowest BCUT2D eigenvalue weighted by molar-refractivity contribution is 0.182. The molecule has 1 fully saturated rings. The first kappa shape index (κ1) is 19.5. The molecule has 130 valence electrons. The van der Waals surface area contributed by atoms with Crippen molar-refractivity contribution in [2.24, 2.45) is 5.92 Å². The van der Waals surface area contributed by atoms with Gasteiger partial charge in [-0.05, 0) is 25.8 Å². The van der Waals surface area contributed by atoms with Gasteiger partial charge < -0.3 is 9.80 Å². The van der Waals surface area contributed by atoms with Crippen LogP contribution in [0.4, 0.5) is 0 Å². The number of hydrogen-bond donors (Lipinski definition) is 0. The standard InChI is InChI=1S/C20H40N2/c1-19(2)13-11-9-7-5-6-8-10-12-14-20(3)22-17-15-21(4)16-18-22/h19H,3,5-18H2,1-2,4H3. The van der Waals surface area contributed by atoms with Crippen LogP contribution >= 0.6 is 0 Å². The highest BCUT2D eigenvalue weighted by Crippen LogP contribution is 2.16. The maximum Gasteiger partial charge on any atom is 0.0303 e. The first-order valence-corrected chi connectivity index (χ1v) is 9.71. The Morgan fingerprint density at radius 2 is 1.32 bits per heavy atom. The SMILES string of the molecule is C=C(CCCCCCCCCCC(C)C)N1CCN(C)CC1. The lowest BCUT2D eigenvalue weighted by Gasteiger charge is -2.35. The molecule has 1 aliphatic heterocycles. The highest BCUT2D eigenvalue weighted by atomic mass is 15.2. The maximum atomic E-state index is 4.29. The van der Waals surface area contributed by atoms with E-state index < -0.39 is 0 Å². The van der Waals surface area contributed by atoms with E-state index in [9.17, 15) is 0 Å². The molecule has 0 radical (unpaired) electrons. The van der Waals surface area contributed by atoms with Gasteiger partial charge >= 0.3 is 0 Å². The average molecular weight is 309 g/mol. The second-order valence-corrected chi connectivity index (χ2v) is 7.62. The van der Waals surface area contributed by atoms with Gasteiger partial charge in [0.25, 0.3) is 0 Å². The van der Waals surface area contributed by atoms with Gasteiger partial charge in [0.2, 0.25) is 0 Å². The lowest BCUT2D eigenvalue weighted by Crippen LogP contribution is -2.43. The predicted molar refractivity (Wildman–Crippen MR) is 99.2 cm³/mol. The zero-order valence-electron chi connectivity index (χ0n) is 15.6. The van der Waals surface area contributed by atoms with Crippen LogP contribution in [0, 0.1) is 5.92 Å². The van der Waals surface area contributed by atoms with Crippen molar-refractivity contribution in [2.45, 2.75) is 78.1 Å². The Morgan fingerprint density at radius 1 is 0.818 bits per heavy atom. The van der Waals surface area contributed by atoms with E-state index >= 15 is 0 Å². The highest BCUT2D eigenvalue weighted by Gasteiger charge is 2.14. The molecule has 0 atom stereocenters. The monoisotopic (exact) mass is 308 g/mol. The van der Waals surface area contributed by atoms with E-state index in [1.807, 2.05) is 0 Å². The third kappa shape index (κ3) is 9.50. The van der Waals surface area contributed by atoms with Crippen LogP contribution in [-0.4, -0.2) is 43.0 Å². The van der Waals surface area contributed by atoms with Gasteiger partial charge in [0, 0.05) is 31.9 Å². The topological polar surface area (TPSA) is 6.48 Å². The predicted octanol–water partition coefficient (Wildman–Crippen LogP) is 5.30. The summed E-state index contributed by atoms with van der Waals surface area (Å²) in [6.45, 7) is 13.7. The molecule has 1 saturated heterocycles. The summed E-state index contributed by atoms with van der Waals surface area (Å²) in [7, 11) is 2.21. The summed E-state index contributed by atoms with van der Waals surface area (Å²) in [5.74, 6) is 0.883. The molecule has 2 nitrogen and oxygen atoms in total. The molecule has 1 rings (SSSR count). The third-order valence-corrected chi connectivity index (χ3v) is 4.95. The van der Waals surface area contributed by atoms with Gasteiger partial charge in [0.05, 0.1) is 0 Å². The minimum Gasteiger partial charge on any atom is -0.373 e. The van der Waals surface area contributed by atoms with Gasteiger partial charge in [-0.15, -0.1) is 0 Å². The largest absolute Gasteiger partial charge is 0.373 e. The number of rotatable bonds is 12. The van der Waals surface area contributed by atoms with Crippen LogP contribution in [0.2, 0.25) is 0 Å². The van der Waals surface area contributed by atoms with Crippen LogP contribution < -0.4 is 0 Å². The molecule has 0 aromatic heterocycles. The highest BCUT2D eigenvalue weighted by molar-refractivity contribution is 4.95. The van der Waals surface area contributed by atoms with Gasteiger partial charge in [-0.25, -0.2) is 0 Å². The number of unbranched alkanes of at least 4 members (excludes halogenated alkanes) is 7. The van der Waals surface area contributed by atoms with Crippen molar-refractivity contribution in [3.8, 4) is 0 Å². The zero-order chi connectivity index (χ0) is 16.2. The van der Waals surface area contributed by atoms with E-state index in [2.05, 4.69) is 37.3 Å². The smallest absolute Gasteiger partial charge is 0.0303 e. The fourth-order valence-electron chi connectivity index (χ4n) is 3.22. The van der Waals surface area contributed by atoms with E-state index in [4.69, 9.17) is 0 Å². The molecule has 0 amide bonds. The Bertz CT molecular complexity index is 277. The quantitative estimate of drug-likeness (QED) is 0.451. The molecule has 0 aromatic rings. The van der Waals surface area contributed by atoms with E-state index in [0.29, 0.717) is 0 Å². The summed E-state index contributed by atoms with van der Waals surface area (Å²) in [6, 6.07) is 0. The molecule has 0 aromatic carbocycles. The first-order valence-electron chi connectivity index (χ1n) is 9.71. The van der Waals surface area contributed by atoms with Crippen molar-refractivity contribution in [1.82, 2.24) is 9.80 Å². The van der Waals surface area contributed by atoms with E-state index in [1.54, 1.807) is 0 Å². The Hall–Kier alpha value is -0.500. The molecule has 0 saturated carbocycles. The Balaban J connectivity index is 1.86. The van der Waals surface area contributed by atoms with E-state index in [0.717, 1.165) is 5.92 Å². The molecule has 2 heteroatoms. The van der Waals surface area contributed by atoms with Crippen LogP contribution in [0.15, 0.2) is 12.3 Å². The summed E-state index contributed by atoms with van der Waals surface area (Å²) in [6.07, 6.45) is 14.0. The molecule has 0 bridgehead atoms. The molecule has 0 spiro atoms. The van der Waals surface area contributed by atoms with Crippen LogP contribution in [0.25, 0.3) is 0 Å². The van der Waals surface area contributed by atoms with Crippen LogP contribution in [-0.2, 0) is 0 Å². The summed E-state index contributed by atoms with van der Waals surface area (Å²) in [5.41, 5.74) is 1.38. The molecule has 0 N–H and O–H groups in total. The van der Waals surface area contributed by atoms with Crippen molar-refractivity contribution in [3.05, 3.63) is 12.3 Å². The Labute approximate surface area is 139 Å². The molecule has 0 unspecified atom stereocenters. The summed E-state index contributed by atoms with van der Waals surface area (Å²) in [5, 5.41) is 0. The van der Waals surface area contributed by atoms with Crippen molar-refractivity contribution in [3.63, 3.8) is 0 Å². The fraction of sp³-hybridized carbons (Fsp3) is 0.900. The molecular weight excluding hydrogens is 268 g/mol. The van der Waals surface area contributed by atoms with Crippen LogP contribution in [0.3, 0.4) is 0 Å². The van der Waals surface area contributed by atoms with Crippen molar-refractivity contribution >= 4 is 0 Å². The number of allylic oxidation sites excluding steroid dienone is 1. The molecule has 1 aliphatic rings. The normalized spacial score (nSPS) is 16.5. The molecule has 1 heterocycles. The minimum atomic E-state index is 0.883.